The molecule has 0 radical (unpaired) electrons. The van der Waals surface area contributed by atoms with Crippen molar-refractivity contribution in [2.24, 2.45) is 7.05 Å². The van der Waals surface area contributed by atoms with Crippen LogP contribution in [0.1, 0.15) is 27.8 Å². The molecule has 0 saturated carbocycles. The van der Waals surface area contributed by atoms with Crippen LogP contribution < -0.4 is 0 Å². The van der Waals surface area contributed by atoms with Crippen molar-refractivity contribution in [2.45, 2.75) is 19.1 Å². The van der Waals surface area contributed by atoms with Gasteiger partial charge in [0.1, 0.15) is 5.69 Å². The minimum Gasteiger partial charge on any atom is -0.388 e. The van der Waals surface area contributed by atoms with Crippen LogP contribution in [0.2, 0.25) is 0 Å². The summed E-state index contributed by atoms with van der Waals surface area (Å²) < 4.78 is 1.58. The van der Waals surface area contributed by atoms with Crippen molar-refractivity contribution in [1.82, 2.24) is 9.47 Å². The predicted molar refractivity (Wildman–Crippen MR) is 63.3 cm³/mol. The molecule has 1 aromatic rings. The zero-order chi connectivity index (χ0) is 13.4. The van der Waals surface area contributed by atoms with Gasteiger partial charge in [0.15, 0.2) is 5.78 Å². The molecule has 1 amide bonds. The summed E-state index contributed by atoms with van der Waals surface area (Å²) in [5.74, 6) is -0.397. The molecular weight excluding hydrogens is 236 g/mol. The largest absolute Gasteiger partial charge is 0.388 e. The molecule has 0 spiro atoms. The number of aromatic nitrogens is 1. The highest BCUT2D eigenvalue weighted by Gasteiger charge is 2.33. The number of likely N-dealkylation sites (tertiary alicyclic amines) is 1. The average Bonchev–Trinajstić information content (AvgIpc) is 2.83. The maximum Gasteiger partial charge on any atom is 0.270 e. The molecule has 1 aliphatic rings. The van der Waals surface area contributed by atoms with E-state index in [9.17, 15) is 19.8 Å². The number of amides is 1. The Kier molecular flexibility index (Phi) is 3.23. The number of hydrogen-bond donors (Lipinski definition) is 2. The van der Waals surface area contributed by atoms with Gasteiger partial charge in [0.25, 0.3) is 5.91 Å². The molecule has 18 heavy (non-hydrogen) atoms. The van der Waals surface area contributed by atoms with Crippen LogP contribution >= 0.6 is 0 Å². The summed E-state index contributed by atoms with van der Waals surface area (Å²) in [5, 5.41) is 18.8. The molecule has 0 bridgehead atoms. The normalized spacial score (nSPS) is 23.4. The Bertz CT molecular complexity index is 484. The summed E-state index contributed by atoms with van der Waals surface area (Å²) in [6, 6.07) is 1.53. The lowest BCUT2D eigenvalue weighted by molar-refractivity contribution is 0.0572. The third kappa shape index (κ3) is 2.16. The standard InChI is InChI=1S/C12H16N2O4/c1-7(15)8-3-9(13(2)4-8)12(18)14-5-10(16)11(17)6-14/h3-4,10-11,16-17H,5-6H2,1-2H3. The third-order valence-electron chi connectivity index (χ3n) is 3.18. The van der Waals surface area contributed by atoms with Gasteiger partial charge >= 0.3 is 0 Å². The second kappa shape index (κ2) is 4.55. The van der Waals surface area contributed by atoms with E-state index in [0.717, 1.165) is 0 Å². The first-order chi connectivity index (χ1) is 8.40. The molecule has 6 nitrogen and oxygen atoms in total. The van der Waals surface area contributed by atoms with Gasteiger partial charge in [0.05, 0.1) is 12.2 Å². The molecule has 2 atom stereocenters. The molecule has 98 valence electrons. The van der Waals surface area contributed by atoms with Crippen LogP contribution in [0.25, 0.3) is 0 Å². The van der Waals surface area contributed by atoms with Crippen molar-refractivity contribution in [3.8, 4) is 0 Å². The fourth-order valence-corrected chi connectivity index (χ4v) is 2.07. The maximum atomic E-state index is 12.2. The number of hydrogen-bond acceptors (Lipinski definition) is 4. The first-order valence-electron chi connectivity index (χ1n) is 5.73. The van der Waals surface area contributed by atoms with Crippen LogP contribution in [0.5, 0.6) is 0 Å². The molecule has 2 unspecified atom stereocenters. The van der Waals surface area contributed by atoms with Gasteiger partial charge in [-0.2, -0.15) is 0 Å². The molecule has 1 aliphatic heterocycles. The summed E-state index contributed by atoms with van der Waals surface area (Å²) in [4.78, 5) is 24.8. The Morgan fingerprint density at radius 1 is 1.28 bits per heavy atom. The van der Waals surface area contributed by atoms with Crippen molar-refractivity contribution in [2.75, 3.05) is 13.1 Å². The molecule has 2 N–H and O–H groups in total. The van der Waals surface area contributed by atoms with Gasteiger partial charge in [-0.25, -0.2) is 0 Å². The number of aliphatic hydroxyl groups is 2. The Labute approximate surface area is 104 Å². The lowest BCUT2D eigenvalue weighted by atomic mass is 10.2. The van der Waals surface area contributed by atoms with Crippen molar-refractivity contribution in [3.05, 3.63) is 23.5 Å². The van der Waals surface area contributed by atoms with Gasteiger partial charge in [0.2, 0.25) is 0 Å². The van der Waals surface area contributed by atoms with Crippen molar-refractivity contribution in [1.29, 1.82) is 0 Å². The van der Waals surface area contributed by atoms with E-state index in [2.05, 4.69) is 0 Å². The van der Waals surface area contributed by atoms with Crippen LogP contribution in [0, 0.1) is 0 Å². The number of ketones is 1. The lowest BCUT2D eigenvalue weighted by Crippen LogP contribution is -2.31. The van der Waals surface area contributed by atoms with Crippen molar-refractivity contribution < 1.29 is 19.8 Å². The molecule has 1 aromatic heterocycles. The number of β-amino-alcohol motifs (C(OH)–C–C–N with tert-alkyl or cyclic N) is 2. The minimum atomic E-state index is -0.901. The van der Waals surface area contributed by atoms with Crippen LogP contribution in [0.4, 0.5) is 0 Å². The van der Waals surface area contributed by atoms with Crippen molar-refractivity contribution >= 4 is 11.7 Å². The average molecular weight is 252 g/mol. The van der Waals surface area contributed by atoms with Crippen molar-refractivity contribution in [3.63, 3.8) is 0 Å². The van der Waals surface area contributed by atoms with Crippen LogP contribution in [0.15, 0.2) is 12.3 Å². The van der Waals surface area contributed by atoms with Gasteiger partial charge in [-0.15, -0.1) is 0 Å². The van der Waals surface area contributed by atoms with E-state index < -0.39 is 12.2 Å². The van der Waals surface area contributed by atoms with E-state index in [4.69, 9.17) is 0 Å². The van der Waals surface area contributed by atoms with E-state index in [-0.39, 0.29) is 24.8 Å². The number of Topliss-reactive ketones (excluding diaryl/α,β-unsaturated/α-hetero) is 1. The van der Waals surface area contributed by atoms with E-state index in [1.165, 1.54) is 17.9 Å². The summed E-state index contributed by atoms with van der Waals surface area (Å²) in [7, 11) is 1.68. The SMILES string of the molecule is CC(=O)c1cc(C(=O)N2CC(O)C(O)C2)n(C)c1. The van der Waals surface area contributed by atoms with Crippen LogP contribution in [-0.4, -0.2) is 56.7 Å². The quantitative estimate of drug-likeness (QED) is 0.689. The van der Waals surface area contributed by atoms with Gasteiger partial charge in [-0.3, -0.25) is 9.59 Å². The molecule has 1 saturated heterocycles. The highest BCUT2D eigenvalue weighted by Crippen LogP contribution is 2.16. The van der Waals surface area contributed by atoms with Gasteiger partial charge in [-0.05, 0) is 13.0 Å². The molecule has 2 heterocycles. The molecule has 6 heteroatoms. The van der Waals surface area contributed by atoms with E-state index >= 15 is 0 Å². The minimum absolute atomic E-state index is 0.105. The second-order valence-corrected chi connectivity index (χ2v) is 4.63. The van der Waals surface area contributed by atoms with Crippen LogP contribution in [0.3, 0.4) is 0 Å². The summed E-state index contributed by atoms with van der Waals surface area (Å²) in [6.45, 7) is 1.66. The molecule has 1 fully saturated rings. The fourth-order valence-electron chi connectivity index (χ4n) is 2.07. The van der Waals surface area contributed by atoms with Crippen LogP contribution in [-0.2, 0) is 7.05 Å². The number of nitrogens with zero attached hydrogens (tertiary/aromatic N) is 2. The Morgan fingerprint density at radius 3 is 2.28 bits per heavy atom. The third-order valence-corrected chi connectivity index (χ3v) is 3.18. The van der Waals surface area contributed by atoms with E-state index in [0.29, 0.717) is 11.3 Å². The zero-order valence-corrected chi connectivity index (χ0v) is 10.3. The molecule has 0 aliphatic carbocycles. The zero-order valence-electron chi connectivity index (χ0n) is 10.3. The number of rotatable bonds is 2. The molecule has 2 rings (SSSR count). The van der Waals surface area contributed by atoms with E-state index in [1.54, 1.807) is 17.8 Å². The number of carbonyl (C=O) groups excluding carboxylic acids is 2. The number of aryl methyl sites for hydroxylation is 1. The summed E-state index contributed by atoms with van der Waals surface area (Å²) in [6.07, 6.45) is -0.207. The van der Waals surface area contributed by atoms with Gasteiger partial charge in [0, 0.05) is 31.9 Å². The monoisotopic (exact) mass is 252 g/mol. The fraction of sp³-hybridized carbons (Fsp3) is 0.500. The highest BCUT2D eigenvalue weighted by molar-refractivity contribution is 5.99. The van der Waals surface area contributed by atoms with Gasteiger partial charge in [-0.1, -0.05) is 0 Å². The highest BCUT2D eigenvalue weighted by atomic mass is 16.3. The summed E-state index contributed by atoms with van der Waals surface area (Å²) in [5.41, 5.74) is 0.850. The summed E-state index contributed by atoms with van der Waals surface area (Å²) >= 11 is 0. The predicted octanol–water partition coefficient (Wildman–Crippen LogP) is -0.595. The Balaban J connectivity index is 2.22. The number of carbonyl (C=O) groups is 2. The number of aliphatic hydroxyl groups excluding tert-OH is 2. The lowest BCUT2D eigenvalue weighted by Gasteiger charge is -2.15. The molecule has 0 aromatic carbocycles. The smallest absolute Gasteiger partial charge is 0.270 e. The first kappa shape index (κ1) is 12.8. The first-order valence-corrected chi connectivity index (χ1v) is 5.73. The Hall–Kier alpha value is -1.66. The van der Waals surface area contributed by atoms with Gasteiger partial charge < -0.3 is 19.7 Å². The second-order valence-electron chi connectivity index (χ2n) is 4.63. The van der Waals surface area contributed by atoms with E-state index in [1.807, 2.05) is 0 Å². The molecular formula is C12H16N2O4. The topological polar surface area (TPSA) is 82.8 Å². The Morgan fingerprint density at radius 2 is 1.83 bits per heavy atom. The maximum absolute atomic E-state index is 12.2.